The van der Waals surface area contributed by atoms with E-state index in [0.717, 1.165) is 18.4 Å². The Morgan fingerprint density at radius 1 is 1.04 bits per heavy atom. The van der Waals surface area contributed by atoms with Crippen LogP contribution in [0.4, 0.5) is 0 Å². The van der Waals surface area contributed by atoms with Crippen LogP contribution in [0, 0.1) is 5.92 Å². The second-order valence-corrected chi connectivity index (χ2v) is 7.75. The molecule has 6 heteroatoms. The Labute approximate surface area is 167 Å². The van der Waals surface area contributed by atoms with E-state index in [1.807, 2.05) is 37.3 Å². The van der Waals surface area contributed by atoms with Crippen LogP contribution in [0.15, 0.2) is 30.3 Å². The molecule has 1 aromatic carbocycles. The number of methoxy groups -OCH3 is 1. The van der Waals surface area contributed by atoms with E-state index in [2.05, 4.69) is 10.6 Å². The molecule has 0 spiro atoms. The van der Waals surface area contributed by atoms with Crippen LogP contribution in [0.2, 0.25) is 0 Å². The van der Waals surface area contributed by atoms with Crippen LogP contribution < -0.4 is 10.6 Å². The van der Waals surface area contributed by atoms with Crippen molar-refractivity contribution < 1.29 is 19.1 Å². The fourth-order valence-corrected chi connectivity index (χ4v) is 3.68. The van der Waals surface area contributed by atoms with Gasteiger partial charge >= 0.3 is 5.97 Å². The molecule has 6 nitrogen and oxygen atoms in total. The topological polar surface area (TPSA) is 84.5 Å². The number of esters is 1. The summed E-state index contributed by atoms with van der Waals surface area (Å²) in [7, 11) is 1.31. The predicted molar refractivity (Wildman–Crippen MR) is 108 cm³/mol. The van der Waals surface area contributed by atoms with Crippen LogP contribution in [0.3, 0.4) is 0 Å². The van der Waals surface area contributed by atoms with Crippen molar-refractivity contribution in [1.29, 1.82) is 0 Å². The van der Waals surface area contributed by atoms with Gasteiger partial charge in [-0.1, -0.05) is 56.5 Å². The predicted octanol–water partition coefficient (Wildman–Crippen LogP) is 2.75. The molecule has 1 aliphatic rings. The fourth-order valence-electron chi connectivity index (χ4n) is 3.68. The highest BCUT2D eigenvalue weighted by atomic mass is 16.5. The second kappa shape index (κ2) is 11.5. The lowest BCUT2D eigenvalue weighted by molar-refractivity contribution is -0.145. The average Bonchev–Trinajstić information content (AvgIpc) is 2.68. The highest BCUT2D eigenvalue weighted by Crippen LogP contribution is 2.18. The van der Waals surface area contributed by atoms with Gasteiger partial charge in [0.15, 0.2) is 0 Å². The molecule has 28 heavy (non-hydrogen) atoms. The van der Waals surface area contributed by atoms with Gasteiger partial charge in [0.25, 0.3) is 0 Å². The molecule has 154 valence electrons. The first-order valence-electron chi connectivity index (χ1n) is 10.2. The first-order valence-corrected chi connectivity index (χ1v) is 10.2. The summed E-state index contributed by atoms with van der Waals surface area (Å²) in [6.45, 7) is 1.88. The Balaban J connectivity index is 1.80. The first kappa shape index (κ1) is 21.9. The maximum Gasteiger partial charge on any atom is 0.328 e. The van der Waals surface area contributed by atoms with Crippen molar-refractivity contribution in [2.45, 2.75) is 70.4 Å². The average molecular weight is 389 g/mol. The van der Waals surface area contributed by atoms with E-state index >= 15 is 0 Å². The molecule has 1 saturated carbocycles. The third kappa shape index (κ3) is 7.71. The lowest BCUT2D eigenvalue weighted by Crippen LogP contribution is -2.43. The zero-order valence-electron chi connectivity index (χ0n) is 16.9. The van der Waals surface area contributed by atoms with E-state index < -0.39 is 12.0 Å². The van der Waals surface area contributed by atoms with Crippen molar-refractivity contribution in [3.8, 4) is 0 Å². The smallest absolute Gasteiger partial charge is 0.328 e. The van der Waals surface area contributed by atoms with E-state index in [0.29, 0.717) is 12.8 Å². The number of hydrogen-bond donors (Lipinski definition) is 2. The van der Waals surface area contributed by atoms with Crippen LogP contribution in [0.1, 0.15) is 57.4 Å². The van der Waals surface area contributed by atoms with E-state index in [4.69, 9.17) is 4.74 Å². The third-order valence-electron chi connectivity index (χ3n) is 5.14. The summed E-state index contributed by atoms with van der Waals surface area (Å²) in [6, 6.07) is 9.02. The molecule has 0 saturated heterocycles. The number of carbonyl (C=O) groups is 3. The molecule has 0 bridgehead atoms. The Morgan fingerprint density at radius 3 is 2.32 bits per heavy atom. The monoisotopic (exact) mass is 388 g/mol. The lowest BCUT2D eigenvalue weighted by Gasteiger charge is -2.23. The maximum atomic E-state index is 12.4. The van der Waals surface area contributed by atoms with Crippen LogP contribution >= 0.6 is 0 Å². The van der Waals surface area contributed by atoms with Gasteiger partial charge in [-0.15, -0.1) is 0 Å². The standard InChI is InChI=1S/C22H32N2O4/c1-16(13-20(25)23-18-11-7-4-8-12-18)14-21(26)24-19(22(27)28-2)15-17-9-5-3-6-10-17/h3,5-6,9-10,16,18-19H,4,7-8,11-15H2,1-2H3,(H,23,25)(H,24,26)/t16-,19+/m0/s1. The second-order valence-electron chi connectivity index (χ2n) is 7.75. The quantitative estimate of drug-likeness (QED) is 0.637. The van der Waals surface area contributed by atoms with Crippen LogP contribution in [0.5, 0.6) is 0 Å². The summed E-state index contributed by atoms with van der Waals surface area (Å²) in [5.74, 6) is -0.816. The van der Waals surface area contributed by atoms with Crippen LogP contribution in [-0.4, -0.2) is 37.0 Å². The number of ether oxygens (including phenoxy) is 1. The van der Waals surface area contributed by atoms with Gasteiger partial charge in [0.2, 0.25) is 11.8 Å². The molecule has 1 aromatic rings. The van der Waals surface area contributed by atoms with Crippen LogP contribution in [-0.2, 0) is 25.5 Å². The highest BCUT2D eigenvalue weighted by molar-refractivity contribution is 5.85. The van der Waals surface area contributed by atoms with Gasteiger partial charge in [-0.25, -0.2) is 4.79 Å². The van der Waals surface area contributed by atoms with Crippen LogP contribution in [0.25, 0.3) is 0 Å². The van der Waals surface area contributed by atoms with Gasteiger partial charge in [0.1, 0.15) is 6.04 Å². The lowest BCUT2D eigenvalue weighted by atomic mass is 9.95. The largest absolute Gasteiger partial charge is 0.467 e. The minimum atomic E-state index is -0.733. The summed E-state index contributed by atoms with van der Waals surface area (Å²) < 4.78 is 4.82. The van der Waals surface area contributed by atoms with Gasteiger partial charge in [0, 0.05) is 25.3 Å². The zero-order valence-corrected chi connectivity index (χ0v) is 16.9. The Hall–Kier alpha value is -2.37. The summed E-state index contributed by atoms with van der Waals surface area (Å²) in [5.41, 5.74) is 0.943. The number of amides is 2. The molecule has 1 fully saturated rings. The van der Waals surface area contributed by atoms with Gasteiger partial charge in [0.05, 0.1) is 7.11 Å². The van der Waals surface area contributed by atoms with Gasteiger partial charge in [-0.2, -0.15) is 0 Å². The molecular formula is C22H32N2O4. The molecule has 1 aliphatic carbocycles. The molecule has 0 aliphatic heterocycles. The molecule has 0 radical (unpaired) electrons. The fraction of sp³-hybridized carbons (Fsp3) is 0.591. The molecule has 2 N–H and O–H groups in total. The molecule has 2 atom stereocenters. The Kier molecular flexibility index (Phi) is 8.98. The van der Waals surface area contributed by atoms with Crippen molar-refractivity contribution >= 4 is 17.8 Å². The van der Waals surface area contributed by atoms with Crippen molar-refractivity contribution in [3.05, 3.63) is 35.9 Å². The van der Waals surface area contributed by atoms with E-state index in [-0.39, 0.29) is 30.2 Å². The normalized spacial score (nSPS) is 16.6. The van der Waals surface area contributed by atoms with Crippen molar-refractivity contribution in [2.24, 2.45) is 5.92 Å². The third-order valence-corrected chi connectivity index (χ3v) is 5.14. The number of benzene rings is 1. The summed E-state index contributed by atoms with van der Waals surface area (Å²) in [5, 5.41) is 5.84. The van der Waals surface area contributed by atoms with Crippen molar-refractivity contribution in [3.63, 3.8) is 0 Å². The maximum absolute atomic E-state index is 12.4. The van der Waals surface area contributed by atoms with Crippen molar-refractivity contribution in [2.75, 3.05) is 7.11 Å². The Morgan fingerprint density at radius 2 is 1.68 bits per heavy atom. The van der Waals surface area contributed by atoms with Gasteiger partial charge in [-0.05, 0) is 24.3 Å². The Bertz CT molecular complexity index is 641. The van der Waals surface area contributed by atoms with E-state index in [9.17, 15) is 14.4 Å². The van der Waals surface area contributed by atoms with E-state index in [1.54, 1.807) is 0 Å². The SMILES string of the molecule is COC(=O)[C@@H](Cc1ccccc1)NC(=O)C[C@@H](C)CC(=O)NC1CCCCC1. The number of carbonyl (C=O) groups excluding carboxylic acids is 3. The van der Waals surface area contributed by atoms with Crippen molar-refractivity contribution in [1.82, 2.24) is 10.6 Å². The molecule has 0 aromatic heterocycles. The first-order chi connectivity index (χ1) is 13.5. The zero-order chi connectivity index (χ0) is 20.4. The number of rotatable bonds is 9. The highest BCUT2D eigenvalue weighted by Gasteiger charge is 2.24. The van der Waals surface area contributed by atoms with E-state index in [1.165, 1.54) is 26.4 Å². The minimum Gasteiger partial charge on any atom is -0.467 e. The molecule has 2 rings (SSSR count). The van der Waals surface area contributed by atoms with Gasteiger partial charge < -0.3 is 15.4 Å². The summed E-state index contributed by atoms with van der Waals surface area (Å²) >= 11 is 0. The molecular weight excluding hydrogens is 356 g/mol. The summed E-state index contributed by atoms with van der Waals surface area (Å²) in [6.07, 6.45) is 6.54. The molecule has 0 heterocycles. The van der Waals surface area contributed by atoms with Gasteiger partial charge in [-0.3, -0.25) is 9.59 Å². The number of nitrogens with one attached hydrogen (secondary N) is 2. The molecule has 0 unspecified atom stereocenters. The summed E-state index contributed by atoms with van der Waals surface area (Å²) in [4.78, 5) is 36.6. The molecule has 2 amide bonds. The minimum absolute atomic E-state index is 0.000929. The number of hydrogen-bond acceptors (Lipinski definition) is 4.